The molecular formula is C13H26N2O3. The van der Waals surface area contributed by atoms with Gasteiger partial charge in [0.05, 0.1) is 19.1 Å². The third-order valence-corrected chi connectivity index (χ3v) is 3.24. The summed E-state index contributed by atoms with van der Waals surface area (Å²) in [5.74, 6) is 0.428. The van der Waals surface area contributed by atoms with Gasteiger partial charge in [0.1, 0.15) is 0 Å². The molecule has 1 rings (SSSR count). The van der Waals surface area contributed by atoms with E-state index >= 15 is 0 Å². The number of aliphatic hydroxyl groups is 1. The molecule has 0 aromatic carbocycles. The molecule has 2 atom stereocenters. The summed E-state index contributed by atoms with van der Waals surface area (Å²) < 4.78 is 5.49. The second kappa shape index (κ2) is 9.30. The summed E-state index contributed by atoms with van der Waals surface area (Å²) in [5, 5.41) is 15.1. The minimum absolute atomic E-state index is 0.00113. The maximum absolute atomic E-state index is 11.7. The van der Waals surface area contributed by atoms with Crippen LogP contribution in [0.4, 0.5) is 0 Å². The van der Waals surface area contributed by atoms with E-state index in [1.54, 1.807) is 0 Å². The molecule has 0 radical (unpaired) electrons. The van der Waals surface area contributed by atoms with Gasteiger partial charge in [-0.2, -0.15) is 0 Å². The summed E-state index contributed by atoms with van der Waals surface area (Å²) in [6, 6.07) is 0. The Kier molecular flexibility index (Phi) is 7.96. The summed E-state index contributed by atoms with van der Waals surface area (Å²) in [6.07, 6.45) is 3.31. The Morgan fingerprint density at radius 2 is 2.39 bits per heavy atom. The quantitative estimate of drug-likeness (QED) is 0.585. The minimum atomic E-state index is 0.00113. The molecule has 1 heterocycles. The Labute approximate surface area is 109 Å². The molecule has 0 aromatic heterocycles. The third kappa shape index (κ3) is 6.33. The lowest BCUT2D eigenvalue weighted by Gasteiger charge is -2.23. The molecule has 1 aliphatic heterocycles. The van der Waals surface area contributed by atoms with Crippen LogP contribution < -0.4 is 10.6 Å². The van der Waals surface area contributed by atoms with Crippen LogP contribution in [0.15, 0.2) is 0 Å². The van der Waals surface area contributed by atoms with Gasteiger partial charge in [0.25, 0.3) is 0 Å². The number of hydrogen-bond donors (Lipinski definition) is 3. The molecular weight excluding hydrogens is 232 g/mol. The van der Waals surface area contributed by atoms with Crippen LogP contribution >= 0.6 is 0 Å². The molecule has 5 nitrogen and oxygen atoms in total. The number of carbonyl (C=O) groups excluding carboxylic acids is 1. The highest BCUT2D eigenvalue weighted by atomic mass is 16.5. The molecule has 5 heteroatoms. The molecule has 0 aromatic rings. The highest BCUT2D eigenvalue weighted by Crippen LogP contribution is 2.09. The predicted octanol–water partition coefficient (Wildman–Crippen LogP) is 0.280. The minimum Gasteiger partial charge on any atom is -0.396 e. The van der Waals surface area contributed by atoms with Gasteiger partial charge in [-0.25, -0.2) is 0 Å². The number of carbonyl (C=O) groups is 1. The van der Waals surface area contributed by atoms with Gasteiger partial charge in [-0.1, -0.05) is 13.3 Å². The number of aliphatic hydroxyl groups excluding tert-OH is 1. The molecule has 0 bridgehead atoms. The Balaban J connectivity index is 2.17. The molecule has 1 aliphatic rings. The third-order valence-electron chi connectivity index (χ3n) is 3.24. The second-order valence-electron chi connectivity index (χ2n) is 4.87. The van der Waals surface area contributed by atoms with E-state index in [0.717, 1.165) is 32.4 Å². The van der Waals surface area contributed by atoms with E-state index in [1.807, 2.05) is 0 Å². The molecule has 0 saturated carbocycles. The lowest BCUT2D eigenvalue weighted by Crippen LogP contribution is -2.42. The van der Waals surface area contributed by atoms with Gasteiger partial charge in [-0.3, -0.25) is 4.79 Å². The Bertz CT molecular complexity index is 224. The van der Waals surface area contributed by atoms with Crippen molar-refractivity contribution in [2.24, 2.45) is 5.92 Å². The van der Waals surface area contributed by atoms with Crippen molar-refractivity contribution in [1.29, 1.82) is 0 Å². The molecule has 1 amide bonds. The SMILES string of the molecule is CCCC(CCO)CNC(=O)CC1CNCCO1. The zero-order valence-corrected chi connectivity index (χ0v) is 11.3. The van der Waals surface area contributed by atoms with Crippen molar-refractivity contribution in [3.63, 3.8) is 0 Å². The number of amides is 1. The van der Waals surface area contributed by atoms with Crippen LogP contribution in [-0.2, 0) is 9.53 Å². The van der Waals surface area contributed by atoms with Crippen molar-refractivity contribution in [2.75, 3.05) is 32.8 Å². The van der Waals surface area contributed by atoms with Crippen molar-refractivity contribution < 1.29 is 14.6 Å². The molecule has 1 fully saturated rings. The van der Waals surface area contributed by atoms with Crippen LogP contribution in [-0.4, -0.2) is 50.0 Å². The van der Waals surface area contributed by atoms with Crippen molar-refractivity contribution in [3.8, 4) is 0 Å². The number of nitrogens with one attached hydrogen (secondary N) is 2. The average molecular weight is 258 g/mol. The predicted molar refractivity (Wildman–Crippen MR) is 70.3 cm³/mol. The van der Waals surface area contributed by atoms with E-state index in [4.69, 9.17) is 9.84 Å². The van der Waals surface area contributed by atoms with Gasteiger partial charge >= 0.3 is 0 Å². The Morgan fingerprint density at radius 3 is 3.00 bits per heavy atom. The van der Waals surface area contributed by atoms with E-state index in [1.165, 1.54) is 0 Å². The lowest BCUT2D eigenvalue weighted by molar-refractivity contribution is -0.124. The fourth-order valence-corrected chi connectivity index (χ4v) is 2.23. The molecule has 18 heavy (non-hydrogen) atoms. The maximum Gasteiger partial charge on any atom is 0.222 e. The molecule has 2 unspecified atom stereocenters. The van der Waals surface area contributed by atoms with E-state index in [0.29, 0.717) is 25.5 Å². The first-order valence-electron chi connectivity index (χ1n) is 6.96. The summed E-state index contributed by atoms with van der Waals surface area (Å²) in [7, 11) is 0. The Hall–Kier alpha value is -0.650. The molecule has 0 spiro atoms. The largest absolute Gasteiger partial charge is 0.396 e. The van der Waals surface area contributed by atoms with Gasteiger partial charge < -0.3 is 20.5 Å². The van der Waals surface area contributed by atoms with E-state index in [2.05, 4.69) is 17.6 Å². The van der Waals surface area contributed by atoms with Crippen molar-refractivity contribution in [1.82, 2.24) is 10.6 Å². The summed E-state index contributed by atoms with van der Waals surface area (Å²) >= 11 is 0. The molecule has 106 valence electrons. The maximum atomic E-state index is 11.7. The van der Waals surface area contributed by atoms with Crippen molar-refractivity contribution >= 4 is 5.91 Å². The highest BCUT2D eigenvalue weighted by molar-refractivity contribution is 5.76. The molecule has 0 aliphatic carbocycles. The number of morpholine rings is 1. The molecule has 1 saturated heterocycles. The van der Waals surface area contributed by atoms with E-state index < -0.39 is 0 Å². The van der Waals surface area contributed by atoms with Gasteiger partial charge in [0, 0.05) is 26.2 Å². The van der Waals surface area contributed by atoms with Gasteiger partial charge in [0.15, 0.2) is 0 Å². The summed E-state index contributed by atoms with van der Waals surface area (Å²) in [6.45, 7) is 5.27. The summed E-state index contributed by atoms with van der Waals surface area (Å²) in [4.78, 5) is 11.7. The highest BCUT2D eigenvalue weighted by Gasteiger charge is 2.17. The normalized spacial score (nSPS) is 21.6. The fourth-order valence-electron chi connectivity index (χ4n) is 2.23. The van der Waals surface area contributed by atoms with Gasteiger partial charge in [-0.15, -0.1) is 0 Å². The fraction of sp³-hybridized carbons (Fsp3) is 0.923. The second-order valence-corrected chi connectivity index (χ2v) is 4.87. The smallest absolute Gasteiger partial charge is 0.222 e. The van der Waals surface area contributed by atoms with Crippen LogP contribution in [0.1, 0.15) is 32.6 Å². The van der Waals surface area contributed by atoms with E-state index in [9.17, 15) is 4.79 Å². The van der Waals surface area contributed by atoms with Crippen molar-refractivity contribution in [3.05, 3.63) is 0 Å². The number of ether oxygens (including phenoxy) is 1. The van der Waals surface area contributed by atoms with Crippen LogP contribution in [0.3, 0.4) is 0 Å². The Morgan fingerprint density at radius 1 is 1.56 bits per heavy atom. The standard InChI is InChI=1S/C13H26N2O3/c1-2-3-11(4-6-16)9-15-13(17)8-12-10-14-5-7-18-12/h11-12,14,16H,2-10H2,1H3,(H,15,17). The molecule has 3 N–H and O–H groups in total. The zero-order chi connectivity index (χ0) is 13.2. The zero-order valence-electron chi connectivity index (χ0n) is 11.3. The first-order chi connectivity index (χ1) is 8.76. The summed E-state index contributed by atoms with van der Waals surface area (Å²) in [5.41, 5.74) is 0. The topological polar surface area (TPSA) is 70.6 Å². The van der Waals surface area contributed by atoms with Crippen LogP contribution in [0.25, 0.3) is 0 Å². The van der Waals surface area contributed by atoms with Crippen LogP contribution in [0, 0.1) is 5.92 Å². The monoisotopic (exact) mass is 258 g/mol. The first kappa shape index (κ1) is 15.4. The first-order valence-corrected chi connectivity index (χ1v) is 6.96. The number of hydrogen-bond acceptors (Lipinski definition) is 4. The van der Waals surface area contributed by atoms with E-state index in [-0.39, 0.29) is 18.6 Å². The van der Waals surface area contributed by atoms with Gasteiger partial charge in [-0.05, 0) is 18.8 Å². The van der Waals surface area contributed by atoms with Crippen LogP contribution in [0.2, 0.25) is 0 Å². The van der Waals surface area contributed by atoms with Crippen LogP contribution in [0.5, 0.6) is 0 Å². The average Bonchev–Trinajstić information content (AvgIpc) is 2.38. The lowest BCUT2D eigenvalue weighted by atomic mass is 10.0. The van der Waals surface area contributed by atoms with Crippen molar-refractivity contribution in [2.45, 2.75) is 38.7 Å². The number of rotatable bonds is 8. The van der Waals surface area contributed by atoms with Gasteiger partial charge in [0.2, 0.25) is 5.91 Å².